The Hall–Kier alpha value is -2.04. The molecule has 22 heavy (non-hydrogen) atoms. The summed E-state index contributed by atoms with van der Waals surface area (Å²) in [5.41, 5.74) is 3.00. The maximum Gasteiger partial charge on any atom is 0.224 e. The van der Waals surface area contributed by atoms with Crippen molar-refractivity contribution in [2.75, 3.05) is 7.11 Å². The highest BCUT2D eigenvalue weighted by Gasteiger charge is 2.11. The van der Waals surface area contributed by atoms with Gasteiger partial charge in [0.2, 0.25) is 5.12 Å². The molecule has 3 aromatic rings. The summed E-state index contributed by atoms with van der Waals surface area (Å²) in [5, 5.41) is 2.13. The predicted molar refractivity (Wildman–Crippen MR) is 92.9 cm³/mol. The summed E-state index contributed by atoms with van der Waals surface area (Å²) in [5.74, 6) is 0.754. The Bertz CT molecular complexity index is 761. The molecule has 0 amide bonds. The van der Waals surface area contributed by atoms with Crippen LogP contribution < -0.4 is 4.74 Å². The van der Waals surface area contributed by atoms with Crippen molar-refractivity contribution in [2.24, 2.45) is 0 Å². The molecular weight excluding hydrogens is 312 g/mol. The number of hydrogen-bond donors (Lipinski definition) is 0. The van der Waals surface area contributed by atoms with Gasteiger partial charge in [0.1, 0.15) is 5.75 Å². The highest BCUT2D eigenvalue weighted by Crippen LogP contribution is 2.33. The van der Waals surface area contributed by atoms with E-state index in [2.05, 4.69) is 23.6 Å². The van der Waals surface area contributed by atoms with Crippen LogP contribution in [0.15, 0.2) is 70.3 Å². The van der Waals surface area contributed by atoms with E-state index in [0.29, 0.717) is 5.56 Å². The lowest BCUT2D eigenvalue weighted by molar-refractivity contribution is 0.108. The molecule has 0 aliphatic rings. The van der Waals surface area contributed by atoms with Gasteiger partial charge in [-0.2, -0.15) is 0 Å². The first kappa shape index (κ1) is 14.9. The molecule has 0 spiro atoms. The molecule has 4 heteroatoms. The van der Waals surface area contributed by atoms with Crippen molar-refractivity contribution in [3.8, 4) is 16.9 Å². The number of hydrogen-bond acceptors (Lipinski definition) is 4. The summed E-state index contributed by atoms with van der Waals surface area (Å²) in [6, 6.07) is 19.4. The lowest BCUT2D eigenvalue weighted by Crippen LogP contribution is -1.92. The van der Waals surface area contributed by atoms with Crippen molar-refractivity contribution >= 4 is 28.2 Å². The largest absolute Gasteiger partial charge is 0.497 e. The average Bonchev–Trinajstić information content (AvgIpc) is 3.04. The fourth-order valence-corrected chi connectivity index (χ4v) is 3.86. The van der Waals surface area contributed by atoms with Crippen LogP contribution in [0.2, 0.25) is 0 Å². The Morgan fingerprint density at radius 1 is 1.00 bits per heavy atom. The zero-order valence-electron chi connectivity index (χ0n) is 12.0. The average molecular weight is 326 g/mol. The summed E-state index contributed by atoms with van der Waals surface area (Å²) >= 11 is 2.86. The highest BCUT2D eigenvalue weighted by atomic mass is 32.2. The van der Waals surface area contributed by atoms with E-state index in [-0.39, 0.29) is 5.12 Å². The third kappa shape index (κ3) is 3.40. The Balaban J connectivity index is 1.73. The summed E-state index contributed by atoms with van der Waals surface area (Å²) in [4.78, 5) is 12.3. The van der Waals surface area contributed by atoms with Gasteiger partial charge in [-0.05, 0) is 58.6 Å². The third-order valence-corrected chi connectivity index (χ3v) is 5.20. The number of thiophene rings is 1. The number of carbonyl (C=O) groups excluding carboxylic acids is 1. The van der Waals surface area contributed by atoms with Crippen LogP contribution in [0.25, 0.3) is 11.1 Å². The van der Waals surface area contributed by atoms with Crippen LogP contribution in [0, 0.1) is 0 Å². The molecule has 0 unspecified atom stereocenters. The second kappa shape index (κ2) is 6.81. The molecular formula is C18H14O2S2. The first-order valence-electron chi connectivity index (χ1n) is 6.76. The monoisotopic (exact) mass is 326 g/mol. The van der Waals surface area contributed by atoms with Crippen LogP contribution in [0.3, 0.4) is 0 Å². The highest BCUT2D eigenvalue weighted by molar-refractivity contribution is 8.15. The Morgan fingerprint density at radius 3 is 2.41 bits per heavy atom. The van der Waals surface area contributed by atoms with Crippen LogP contribution in [0.4, 0.5) is 0 Å². The topological polar surface area (TPSA) is 26.3 Å². The van der Waals surface area contributed by atoms with Crippen molar-refractivity contribution in [1.29, 1.82) is 0 Å². The number of benzene rings is 2. The molecule has 0 saturated carbocycles. The quantitative estimate of drug-likeness (QED) is 0.604. The number of thioether (sulfide) groups is 1. The summed E-state index contributed by atoms with van der Waals surface area (Å²) in [6.45, 7) is 0. The van der Waals surface area contributed by atoms with E-state index in [1.165, 1.54) is 17.3 Å². The zero-order chi connectivity index (χ0) is 15.4. The molecule has 110 valence electrons. The molecule has 0 radical (unpaired) electrons. The smallest absolute Gasteiger partial charge is 0.224 e. The minimum atomic E-state index is 0.0455. The van der Waals surface area contributed by atoms with Gasteiger partial charge in [0.15, 0.2) is 0 Å². The second-order valence-corrected chi connectivity index (χ2v) is 6.82. The minimum Gasteiger partial charge on any atom is -0.497 e. The van der Waals surface area contributed by atoms with E-state index in [0.717, 1.165) is 15.5 Å². The second-order valence-electron chi connectivity index (χ2n) is 4.64. The van der Waals surface area contributed by atoms with Crippen LogP contribution in [0.5, 0.6) is 5.75 Å². The Morgan fingerprint density at radius 2 is 1.73 bits per heavy atom. The van der Waals surface area contributed by atoms with Crippen LogP contribution >= 0.6 is 23.1 Å². The molecule has 0 saturated heterocycles. The van der Waals surface area contributed by atoms with Gasteiger partial charge in [-0.3, -0.25) is 4.79 Å². The molecule has 0 fully saturated rings. The van der Waals surface area contributed by atoms with Gasteiger partial charge < -0.3 is 4.74 Å². The molecule has 2 nitrogen and oxygen atoms in total. The van der Waals surface area contributed by atoms with Gasteiger partial charge >= 0.3 is 0 Å². The number of methoxy groups -OCH3 is 1. The van der Waals surface area contributed by atoms with Crippen molar-refractivity contribution in [2.45, 2.75) is 4.21 Å². The molecule has 3 rings (SSSR count). The Kier molecular flexibility index (Phi) is 4.61. The first-order chi connectivity index (χ1) is 10.8. The number of ether oxygens (including phenoxy) is 1. The fourth-order valence-electron chi connectivity index (χ4n) is 2.03. The normalized spacial score (nSPS) is 10.4. The number of carbonyl (C=O) groups is 1. The van der Waals surface area contributed by atoms with Gasteiger partial charge in [-0.1, -0.05) is 30.3 Å². The molecule has 0 aliphatic heterocycles. The standard InChI is InChI=1S/C18H14O2S2/c1-20-16-9-7-14(8-10-16)18(19)22-17-11-15(12-21-17)13-5-3-2-4-6-13/h2-12H,1H3. The molecule has 0 bridgehead atoms. The summed E-state index contributed by atoms with van der Waals surface area (Å²) in [6.07, 6.45) is 0. The van der Waals surface area contributed by atoms with Gasteiger partial charge in [0, 0.05) is 5.56 Å². The first-order valence-corrected chi connectivity index (χ1v) is 8.46. The van der Waals surface area contributed by atoms with E-state index in [1.807, 2.05) is 18.2 Å². The van der Waals surface area contributed by atoms with E-state index in [9.17, 15) is 4.79 Å². The van der Waals surface area contributed by atoms with Crippen molar-refractivity contribution < 1.29 is 9.53 Å². The van der Waals surface area contributed by atoms with Crippen molar-refractivity contribution in [3.05, 3.63) is 71.6 Å². The van der Waals surface area contributed by atoms with Crippen molar-refractivity contribution in [3.63, 3.8) is 0 Å². The van der Waals surface area contributed by atoms with Gasteiger partial charge in [0.25, 0.3) is 0 Å². The molecule has 1 heterocycles. The van der Waals surface area contributed by atoms with Crippen LogP contribution in [-0.4, -0.2) is 12.2 Å². The molecule has 0 N–H and O–H groups in total. The number of rotatable bonds is 4. The van der Waals surface area contributed by atoms with Gasteiger partial charge in [-0.15, -0.1) is 11.3 Å². The zero-order valence-corrected chi connectivity index (χ0v) is 13.6. The van der Waals surface area contributed by atoms with E-state index in [1.54, 1.807) is 42.7 Å². The van der Waals surface area contributed by atoms with E-state index >= 15 is 0 Å². The summed E-state index contributed by atoms with van der Waals surface area (Å²) < 4.78 is 6.10. The van der Waals surface area contributed by atoms with Crippen LogP contribution in [0.1, 0.15) is 10.4 Å². The molecule has 1 aromatic heterocycles. The maximum absolute atomic E-state index is 12.3. The lowest BCUT2D eigenvalue weighted by Gasteiger charge is -2.01. The molecule has 0 aliphatic carbocycles. The van der Waals surface area contributed by atoms with Crippen molar-refractivity contribution in [1.82, 2.24) is 0 Å². The van der Waals surface area contributed by atoms with E-state index < -0.39 is 0 Å². The fraction of sp³-hybridized carbons (Fsp3) is 0.0556. The summed E-state index contributed by atoms with van der Waals surface area (Å²) in [7, 11) is 1.61. The predicted octanol–water partition coefficient (Wildman–Crippen LogP) is 5.36. The lowest BCUT2D eigenvalue weighted by atomic mass is 10.1. The third-order valence-electron chi connectivity index (χ3n) is 3.20. The molecule has 2 aromatic carbocycles. The van der Waals surface area contributed by atoms with Crippen LogP contribution in [-0.2, 0) is 0 Å². The SMILES string of the molecule is COc1ccc(C(=O)Sc2cc(-c3ccccc3)cs2)cc1. The van der Waals surface area contributed by atoms with Gasteiger partial charge in [-0.25, -0.2) is 0 Å². The van der Waals surface area contributed by atoms with Gasteiger partial charge in [0.05, 0.1) is 11.3 Å². The molecule has 0 atom stereocenters. The minimum absolute atomic E-state index is 0.0455. The van der Waals surface area contributed by atoms with E-state index in [4.69, 9.17) is 4.74 Å². The maximum atomic E-state index is 12.3. The Labute approximate surface area is 137 Å².